The normalized spacial score (nSPS) is 15.1. The lowest BCUT2D eigenvalue weighted by atomic mass is 10.2. The van der Waals surface area contributed by atoms with Crippen molar-refractivity contribution in [1.29, 1.82) is 5.26 Å². The Morgan fingerprint density at radius 2 is 2.31 bits per heavy atom. The van der Waals surface area contributed by atoms with Crippen molar-refractivity contribution in [2.75, 3.05) is 0 Å². The summed E-state index contributed by atoms with van der Waals surface area (Å²) in [7, 11) is 0. The summed E-state index contributed by atoms with van der Waals surface area (Å²) in [5.74, 6) is 0.708. The van der Waals surface area contributed by atoms with E-state index in [2.05, 4.69) is 11.1 Å². The number of hydrogen-bond acceptors (Lipinski definition) is 3. The first-order chi connectivity index (χ1) is 6.31. The van der Waals surface area contributed by atoms with Gasteiger partial charge in [0.25, 0.3) is 0 Å². The van der Waals surface area contributed by atoms with Gasteiger partial charge < -0.3 is 4.74 Å². The molecule has 1 fully saturated rings. The molecule has 3 nitrogen and oxygen atoms in total. The third-order valence-electron chi connectivity index (χ3n) is 2.00. The number of aryl methyl sites for hydroxylation is 1. The van der Waals surface area contributed by atoms with Crippen LogP contribution in [0.25, 0.3) is 0 Å². The molecular formula is C10H10N2O. The minimum Gasteiger partial charge on any atom is -0.489 e. The standard InChI is InChI=1S/C10H10N2O/c1-7-5-12-6-8(4-11)10(7)13-9-2-3-9/h5-6,9H,2-3H2,1H3. The molecule has 13 heavy (non-hydrogen) atoms. The van der Waals surface area contributed by atoms with Gasteiger partial charge in [-0.2, -0.15) is 5.26 Å². The summed E-state index contributed by atoms with van der Waals surface area (Å²) in [6, 6.07) is 2.08. The summed E-state index contributed by atoms with van der Waals surface area (Å²) in [6.07, 6.45) is 5.80. The van der Waals surface area contributed by atoms with Gasteiger partial charge in [-0.3, -0.25) is 4.98 Å². The van der Waals surface area contributed by atoms with Crippen LogP contribution in [0.1, 0.15) is 24.0 Å². The second-order valence-electron chi connectivity index (χ2n) is 3.26. The maximum atomic E-state index is 8.81. The minimum atomic E-state index is 0.327. The number of hydrogen-bond donors (Lipinski definition) is 0. The van der Waals surface area contributed by atoms with Crippen molar-refractivity contribution in [3.05, 3.63) is 23.5 Å². The highest BCUT2D eigenvalue weighted by molar-refractivity contribution is 5.45. The predicted molar refractivity (Wildman–Crippen MR) is 47.3 cm³/mol. The zero-order chi connectivity index (χ0) is 9.26. The van der Waals surface area contributed by atoms with Crippen LogP contribution in [0, 0.1) is 18.3 Å². The number of aromatic nitrogens is 1. The van der Waals surface area contributed by atoms with Crippen LogP contribution in [-0.2, 0) is 0 Å². The monoisotopic (exact) mass is 174 g/mol. The molecular weight excluding hydrogens is 164 g/mol. The van der Waals surface area contributed by atoms with Crippen LogP contribution in [-0.4, -0.2) is 11.1 Å². The van der Waals surface area contributed by atoms with Gasteiger partial charge in [0.2, 0.25) is 0 Å². The molecule has 0 N–H and O–H groups in total. The summed E-state index contributed by atoms with van der Waals surface area (Å²) in [5, 5.41) is 8.81. The number of nitrogens with zero attached hydrogens (tertiary/aromatic N) is 2. The largest absolute Gasteiger partial charge is 0.489 e. The maximum Gasteiger partial charge on any atom is 0.143 e. The molecule has 3 heteroatoms. The molecule has 1 aromatic rings. The van der Waals surface area contributed by atoms with Crippen molar-refractivity contribution in [2.24, 2.45) is 0 Å². The van der Waals surface area contributed by atoms with E-state index in [1.165, 1.54) is 0 Å². The third-order valence-corrected chi connectivity index (χ3v) is 2.00. The van der Waals surface area contributed by atoms with E-state index in [9.17, 15) is 0 Å². The summed E-state index contributed by atoms with van der Waals surface area (Å²) in [6.45, 7) is 1.91. The minimum absolute atomic E-state index is 0.327. The van der Waals surface area contributed by atoms with Gasteiger partial charge in [-0.05, 0) is 19.8 Å². The van der Waals surface area contributed by atoms with Crippen LogP contribution in [0.4, 0.5) is 0 Å². The van der Waals surface area contributed by atoms with E-state index < -0.39 is 0 Å². The average Bonchev–Trinajstić information content (AvgIpc) is 2.92. The van der Waals surface area contributed by atoms with Crippen molar-refractivity contribution in [1.82, 2.24) is 4.98 Å². The fourth-order valence-electron chi connectivity index (χ4n) is 1.14. The van der Waals surface area contributed by atoms with Crippen molar-refractivity contribution >= 4 is 0 Å². The molecule has 1 aliphatic rings. The number of nitriles is 1. The Balaban J connectivity index is 2.34. The van der Waals surface area contributed by atoms with Crippen LogP contribution in [0.15, 0.2) is 12.4 Å². The average molecular weight is 174 g/mol. The molecule has 0 amide bonds. The van der Waals surface area contributed by atoms with E-state index >= 15 is 0 Å². The number of pyridine rings is 1. The van der Waals surface area contributed by atoms with Crippen LogP contribution >= 0.6 is 0 Å². The molecule has 1 aliphatic carbocycles. The second kappa shape index (κ2) is 3.06. The van der Waals surface area contributed by atoms with E-state index in [0.29, 0.717) is 17.4 Å². The van der Waals surface area contributed by atoms with Crippen LogP contribution in [0.3, 0.4) is 0 Å². The molecule has 0 saturated heterocycles. The van der Waals surface area contributed by atoms with Gasteiger partial charge in [0.05, 0.1) is 6.10 Å². The van der Waals surface area contributed by atoms with E-state index in [0.717, 1.165) is 18.4 Å². The lowest BCUT2D eigenvalue weighted by Gasteiger charge is -2.08. The van der Waals surface area contributed by atoms with E-state index in [-0.39, 0.29) is 0 Å². The van der Waals surface area contributed by atoms with Crippen LogP contribution in [0.2, 0.25) is 0 Å². The molecule has 0 atom stereocenters. The molecule has 0 aromatic carbocycles. The second-order valence-corrected chi connectivity index (χ2v) is 3.26. The highest BCUT2D eigenvalue weighted by Crippen LogP contribution is 2.30. The highest BCUT2D eigenvalue weighted by atomic mass is 16.5. The SMILES string of the molecule is Cc1cncc(C#N)c1OC1CC1. The molecule has 1 aromatic heterocycles. The quantitative estimate of drug-likeness (QED) is 0.686. The van der Waals surface area contributed by atoms with Crippen LogP contribution in [0.5, 0.6) is 5.75 Å². The van der Waals surface area contributed by atoms with Crippen LogP contribution < -0.4 is 4.74 Å². The zero-order valence-electron chi connectivity index (χ0n) is 7.45. The van der Waals surface area contributed by atoms with Gasteiger partial charge in [0, 0.05) is 18.0 Å². The zero-order valence-corrected chi connectivity index (χ0v) is 7.45. The van der Waals surface area contributed by atoms with E-state index in [1.807, 2.05) is 6.92 Å². The first-order valence-corrected chi connectivity index (χ1v) is 4.32. The van der Waals surface area contributed by atoms with Gasteiger partial charge in [-0.15, -0.1) is 0 Å². The Morgan fingerprint density at radius 1 is 1.54 bits per heavy atom. The Hall–Kier alpha value is -1.56. The molecule has 0 bridgehead atoms. The van der Waals surface area contributed by atoms with Gasteiger partial charge in [0.15, 0.2) is 0 Å². The fraction of sp³-hybridized carbons (Fsp3) is 0.400. The maximum absolute atomic E-state index is 8.81. The summed E-state index contributed by atoms with van der Waals surface area (Å²) < 4.78 is 5.62. The van der Waals surface area contributed by atoms with E-state index in [1.54, 1.807) is 12.4 Å². The topological polar surface area (TPSA) is 45.9 Å². The highest BCUT2D eigenvalue weighted by Gasteiger charge is 2.25. The summed E-state index contributed by atoms with van der Waals surface area (Å²) >= 11 is 0. The third kappa shape index (κ3) is 1.62. The Labute approximate surface area is 77.0 Å². The lowest BCUT2D eigenvalue weighted by molar-refractivity contribution is 0.300. The van der Waals surface area contributed by atoms with Crippen molar-refractivity contribution in [3.63, 3.8) is 0 Å². The number of rotatable bonds is 2. The molecule has 0 radical (unpaired) electrons. The molecule has 0 aliphatic heterocycles. The Morgan fingerprint density at radius 3 is 2.92 bits per heavy atom. The van der Waals surface area contributed by atoms with Crippen molar-refractivity contribution in [3.8, 4) is 11.8 Å². The smallest absolute Gasteiger partial charge is 0.143 e. The number of ether oxygens (including phenoxy) is 1. The molecule has 0 spiro atoms. The van der Waals surface area contributed by atoms with Gasteiger partial charge >= 0.3 is 0 Å². The van der Waals surface area contributed by atoms with Gasteiger partial charge in [-0.1, -0.05) is 0 Å². The van der Waals surface area contributed by atoms with Gasteiger partial charge in [-0.25, -0.2) is 0 Å². The molecule has 66 valence electrons. The lowest BCUT2D eigenvalue weighted by Crippen LogP contribution is -2.00. The first-order valence-electron chi connectivity index (χ1n) is 4.32. The first kappa shape index (κ1) is 8.06. The molecule has 2 rings (SSSR count). The molecule has 1 heterocycles. The van der Waals surface area contributed by atoms with E-state index in [4.69, 9.17) is 10.00 Å². The molecule has 0 unspecified atom stereocenters. The predicted octanol–water partition coefficient (Wildman–Crippen LogP) is 1.80. The Kier molecular flexibility index (Phi) is 1.90. The summed E-state index contributed by atoms with van der Waals surface area (Å²) in [4.78, 5) is 3.94. The summed E-state index contributed by atoms with van der Waals surface area (Å²) in [5.41, 5.74) is 1.47. The van der Waals surface area contributed by atoms with Gasteiger partial charge in [0.1, 0.15) is 17.4 Å². The Bertz CT molecular complexity index is 364. The molecule has 1 saturated carbocycles. The van der Waals surface area contributed by atoms with Crippen molar-refractivity contribution in [2.45, 2.75) is 25.9 Å². The fourth-order valence-corrected chi connectivity index (χ4v) is 1.14. The van der Waals surface area contributed by atoms with Crippen molar-refractivity contribution < 1.29 is 4.74 Å².